The summed E-state index contributed by atoms with van der Waals surface area (Å²) in [4.78, 5) is 16.1. The van der Waals surface area contributed by atoms with Crippen LogP contribution in [0.1, 0.15) is 16.2 Å². The highest BCUT2D eigenvalue weighted by Crippen LogP contribution is 2.19. The van der Waals surface area contributed by atoms with Gasteiger partial charge in [0.1, 0.15) is 11.6 Å². The van der Waals surface area contributed by atoms with Gasteiger partial charge in [-0.3, -0.25) is 0 Å². The van der Waals surface area contributed by atoms with Gasteiger partial charge in [-0.1, -0.05) is 0 Å². The molecule has 6 heteroatoms. The Balaban J connectivity index is 1.95. The van der Waals surface area contributed by atoms with Gasteiger partial charge in [0, 0.05) is 37.6 Å². The molecule has 0 aliphatic carbocycles. The molecule has 0 aliphatic heterocycles. The van der Waals surface area contributed by atoms with Gasteiger partial charge in [-0.25, -0.2) is 9.78 Å². The van der Waals surface area contributed by atoms with E-state index in [1.54, 1.807) is 24.4 Å². The number of hydrogen-bond acceptors (Lipinski definition) is 5. The van der Waals surface area contributed by atoms with Crippen molar-refractivity contribution in [2.75, 3.05) is 19.5 Å². The van der Waals surface area contributed by atoms with Crippen molar-refractivity contribution in [3.63, 3.8) is 0 Å². The van der Waals surface area contributed by atoms with Gasteiger partial charge < -0.3 is 19.8 Å². The molecule has 0 fully saturated rings. The van der Waals surface area contributed by atoms with Gasteiger partial charge in [-0.15, -0.1) is 0 Å². The molecular formula is C14H17N3O3. The lowest BCUT2D eigenvalue weighted by atomic mass is 10.2. The predicted molar refractivity (Wildman–Crippen MR) is 74.6 cm³/mol. The lowest BCUT2D eigenvalue weighted by Gasteiger charge is -2.07. The normalized spacial score (nSPS) is 10.3. The van der Waals surface area contributed by atoms with Gasteiger partial charge in [-0.2, -0.15) is 0 Å². The first-order valence-electron chi connectivity index (χ1n) is 6.18. The fourth-order valence-electron chi connectivity index (χ4n) is 1.81. The summed E-state index contributed by atoms with van der Waals surface area (Å²) >= 11 is 0. The Bertz CT molecular complexity index is 607. The molecule has 2 N–H and O–H groups in total. The molecule has 0 saturated carbocycles. The van der Waals surface area contributed by atoms with Gasteiger partial charge in [0.05, 0.1) is 19.3 Å². The minimum Gasteiger partial charge on any atom is -0.497 e. The van der Waals surface area contributed by atoms with Gasteiger partial charge in [-0.05, 0) is 12.1 Å². The number of carbonyl (C=O) groups is 1. The summed E-state index contributed by atoms with van der Waals surface area (Å²) in [5, 5.41) is 0. The minimum atomic E-state index is -0.426. The Morgan fingerprint density at radius 2 is 2.20 bits per heavy atom. The molecule has 6 nitrogen and oxygen atoms in total. The van der Waals surface area contributed by atoms with E-state index in [9.17, 15) is 4.79 Å². The van der Waals surface area contributed by atoms with Gasteiger partial charge in [0.2, 0.25) is 0 Å². The number of rotatable bonds is 5. The van der Waals surface area contributed by atoms with Crippen molar-refractivity contribution < 1.29 is 14.3 Å². The monoisotopic (exact) mass is 275 g/mol. The second kappa shape index (κ2) is 6.10. The van der Waals surface area contributed by atoms with Crippen LogP contribution >= 0.6 is 0 Å². The van der Waals surface area contributed by atoms with Crippen LogP contribution in [0.3, 0.4) is 0 Å². The SMILES string of the molecule is COc1cc(N)cc(C(=O)OCCc2nccn2C)c1. The summed E-state index contributed by atoms with van der Waals surface area (Å²) < 4.78 is 12.2. The lowest BCUT2D eigenvalue weighted by molar-refractivity contribution is 0.0506. The summed E-state index contributed by atoms with van der Waals surface area (Å²) in [6, 6.07) is 4.80. The number of esters is 1. The number of imidazole rings is 1. The summed E-state index contributed by atoms with van der Waals surface area (Å²) in [5.74, 6) is 0.966. The number of nitrogen functional groups attached to an aromatic ring is 1. The summed E-state index contributed by atoms with van der Waals surface area (Å²) in [6.45, 7) is 0.265. The number of nitrogens with zero attached hydrogens (tertiary/aromatic N) is 2. The number of methoxy groups -OCH3 is 1. The summed E-state index contributed by atoms with van der Waals surface area (Å²) in [5.41, 5.74) is 6.53. The van der Waals surface area contributed by atoms with Crippen LogP contribution < -0.4 is 10.5 Å². The van der Waals surface area contributed by atoms with E-state index in [1.165, 1.54) is 7.11 Å². The van der Waals surface area contributed by atoms with Crippen LogP contribution in [0, 0.1) is 0 Å². The van der Waals surface area contributed by atoms with E-state index < -0.39 is 5.97 Å². The molecule has 0 bridgehead atoms. The number of aromatic nitrogens is 2. The number of anilines is 1. The average Bonchev–Trinajstić information content (AvgIpc) is 2.83. The first-order chi connectivity index (χ1) is 9.60. The van der Waals surface area contributed by atoms with E-state index in [2.05, 4.69) is 4.98 Å². The molecule has 0 unspecified atom stereocenters. The van der Waals surface area contributed by atoms with Crippen LogP contribution in [-0.4, -0.2) is 29.2 Å². The Morgan fingerprint density at radius 3 is 2.85 bits per heavy atom. The Morgan fingerprint density at radius 1 is 1.40 bits per heavy atom. The van der Waals surface area contributed by atoms with Crippen molar-refractivity contribution in [3.05, 3.63) is 42.0 Å². The molecule has 2 rings (SSSR count). The Hall–Kier alpha value is -2.50. The maximum atomic E-state index is 11.9. The van der Waals surface area contributed by atoms with Crippen molar-refractivity contribution in [2.45, 2.75) is 6.42 Å². The number of benzene rings is 1. The molecule has 0 radical (unpaired) electrons. The first kappa shape index (κ1) is 13.9. The molecule has 0 aliphatic rings. The molecule has 106 valence electrons. The van der Waals surface area contributed by atoms with Crippen molar-refractivity contribution in [3.8, 4) is 5.75 Å². The van der Waals surface area contributed by atoms with E-state index in [4.69, 9.17) is 15.2 Å². The van der Waals surface area contributed by atoms with E-state index in [-0.39, 0.29) is 6.61 Å². The molecule has 0 spiro atoms. The fraction of sp³-hybridized carbons (Fsp3) is 0.286. The van der Waals surface area contributed by atoms with Crippen molar-refractivity contribution in [1.82, 2.24) is 9.55 Å². The molecule has 1 aromatic heterocycles. The molecule has 0 amide bonds. The third-order valence-electron chi connectivity index (χ3n) is 2.88. The molecule has 20 heavy (non-hydrogen) atoms. The molecule has 1 aromatic carbocycles. The number of nitrogens with two attached hydrogens (primary N) is 1. The molecular weight excluding hydrogens is 258 g/mol. The Labute approximate surface area is 117 Å². The third-order valence-corrected chi connectivity index (χ3v) is 2.88. The lowest BCUT2D eigenvalue weighted by Crippen LogP contribution is -2.10. The summed E-state index contributed by atoms with van der Waals surface area (Å²) in [6.07, 6.45) is 4.12. The molecule has 1 heterocycles. The van der Waals surface area contributed by atoms with Crippen molar-refractivity contribution in [1.29, 1.82) is 0 Å². The average molecular weight is 275 g/mol. The fourth-order valence-corrected chi connectivity index (χ4v) is 1.81. The zero-order valence-electron chi connectivity index (χ0n) is 11.5. The zero-order valence-corrected chi connectivity index (χ0v) is 11.5. The predicted octanol–water partition coefficient (Wildman–Crippen LogP) is 1.41. The quantitative estimate of drug-likeness (QED) is 0.659. The van der Waals surface area contributed by atoms with Gasteiger partial charge in [0.15, 0.2) is 0 Å². The largest absolute Gasteiger partial charge is 0.497 e. The third kappa shape index (κ3) is 3.28. The maximum Gasteiger partial charge on any atom is 0.338 e. The standard InChI is InChI=1S/C14H17N3O3/c1-17-5-4-16-13(17)3-6-20-14(18)10-7-11(15)9-12(8-10)19-2/h4-5,7-9H,3,6,15H2,1-2H3. The minimum absolute atomic E-state index is 0.265. The van der Waals surface area contributed by atoms with Crippen LogP contribution in [0.4, 0.5) is 5.69 Å². The first-order valence-corrected chi connectivity index (χ1v) is 6.18. The van der Waals surface area contributed by atoms with Gasteiger partial charge >= 0.3 is 5.97 Å². The highest BCUT2D eigenvalue weighted by molar-refractivity contribution is 5.91. The van der Waals surface area contributed by atoms with Crippen molar-refractivity contribution in [2.24, 2.45) is 7.05 Å². The van der Waals surface area contributed by atoms with E-state index >= 15 is 0 Å². The topological polar surface area (TPSA) is 79.4 Å². The highest BCUT2D eigenvalue weighted by atomic mass is 16.5. The zero-order chi connectivity index (χ0) is 14.5. The highest BCUT2D eigenvalue weighted by Gasteiger charge is 2.10. The second-order valence-corrected chi connectivity index (χ2v) is 4.34. The van der Waals surface area contributed by atoms with Crippen LogP contribution in [-0.2, 0) is 18.2 Å². The van der Waals surface area contributed by atoms with E-state index in [1.807, 2.05) is 17.8 Å². The molecule has 0 saturated heterocycles. The molecule has 2 aromatic rings. The van der Waals surface area contributed by atoms with Crippen LogP contribution in [0.25, 0.3) is 0 Å². The number of aryl methyl sites for hydroxylation is 1. The van der Waals surface area contributed by atoms with Gasteiger partial charge in [0.25, 0.3) is 0 Å². The number of ether oxygens (including phenoxy) is 2. The Kier molecular flexibility index (Phi) is 4.24. The smallest absolute Gasteiger partial charge is 0.338 e. The second-order valence-electron chi connectivity index (χ2n) is 4.34. The maximum absolute atomic E-state index is 11.9. The number of carbonyl (C=O) groups excluding carboxylic acids is 1. The van der Waals surface area contributed by atoms with E-state index in [0.29, 0.717) is 23.4 Å². The van der Waals surface area contributed by atoms with Crippen LogP contribution in [0.2, 0.25) is 0 Å². The summed E-state index contributed by atoms with van der Waals surface area (Å²) in [7, 11) is 3.41. The van der Waals surface area contributed by atoms with Crippen molar-refractivity contribution >= 4 is 11.7 Å². The van der Waals surface area contributed by atoms with Crippen LogP contribution in [0.5, 0.6) is 5.75 Å². The van der Waals surface area contributed by atoms with E-state index in [0.717, 1.165) is 5.82 Å². The van der Waals surface area contributed by atoms with Crippen LogP contribution in [0.15, 0.2) is 30.6 Å². The number of hydrogen-bond donors (Lipinski definition) is 1. The molecule has 0 atom stereocenters.